The van der Waals surface area contributed by atoms with Gasteiger partial charge in [0, 0.05) is 0 Å². The van der Waals surface area contributed by atoms with Gasteiger partial charge in [-0.1, -0.05) is 0 Å². The van der Waals surface area contributed by atoms with Gasteiger partial charge in [0.2, 0.25) is 11.9 Å². The Balaban J connectivity index is 2.28. The van der Waals surface area contributed by atoms with Crippen molar-refractivity contribution in [2.24, 2.45) is 0 Å². The molecule has 0 aliphatic heterocycles. The van der Waals surface area contributed by atoms with Gasteiger partial charge in [0.1, 0.15) is 11.5 Å². The van der Waals surface area contributed by atoms with Gasteiger partial charge in [-0.25, -0.2) is 0 Å². The number of hydrogen-bond acceptors (Lipinski definition) is 4. The van der Waals surface area contributed by atoms with Crippen molar-refractivity contribution in [1.29, 1.82) is 0 Å². The molecule has 1 aromatic heterocycles. The van der Waals surface area contributed by atoms with Crippen molar-refractivity contribution in [2.75, 3.05) is 12.4 Å². The summed E-state index contributed by atoms with van der Waals surface area (Å²) >= 11 is 0. The number of nitrogens with one attached hydrogen (secondary N) is 1. The fraction of sp³-hybridized carbons (Fsp3) is 0.0769. The standard InChI is InChI=1S/C13H10F2N2O3/c1-20-7-2-4-10(18)8(6-7)13(19)16-9-3-5-11(14)17-12(9)15/h2-6,18H,1H3,(H,16,19). The number of carbonyl (C=O) groups excluding carboxylic acids is 1. The van der Waals surface area contributed by atoms with E-state index in [-0.39, 0.29) is 17.0 Å². The number of ether oxygens (including phenoxy) is 1. The van der Waals surface area contributed by atoms with Crippen molar-refractivity contribution >= 4 is 11.6 Å². The van der Waals surface area contributed by atoms with Gasteiger partial charge in [0.25, 0.3) is 5.91 Å². The van der Waals surface area contributed by atoms with Gasteiger partial charge in [0.05, 0.1) is 18.4 Å². The number of nitrogens with zero attached hydrogens (tertiary/aromatic N) is 1. The molecule has 1 amide bonds. The zero-order chi connectivity index (χ0) is 14.7. The van der Waals surface area contributed by atoms with E-state index in [0.29, 0.717) is 5.75 Å². The normalized spacial score (nSPS) is 10.2. The second-order valence-electron chi connectivity index (χ2n) is 3.81. The van der Waals surface area contributed by atoms with Crippen molar-refractivity contribution in [2.45, 2.75) is 0 Å². The minimum Gasteiger partial charge on any atom is -0.507 e. The summed E-state index contributed by atoms with van der Waals surface area (Å²) < 4.78 is 30.9. The number of phenols is 1. The van der Waals surface area contributed by atoms with Crippen molar-refractivity contribution in [3.63, 3.8) is 0 Å². The first-order chi connectivity index (χ1) is 9.51. The lowest BCUT2D eigenvalue weighted by Gasteiger charge is -2.08. The van der Waals surface area contributed by atoms with Crippen molar-refractivity contribution in [1.82, 2.24) is 4.98 Å². The van der Waals surface area contributed by atoms with E-state index in [4.69, 9.17) is 4.74 Å². The lowest BCUT2D eigenvalue weighted by Crippen LogP contribution is -2.14. The Kier molecular flexibility index (Phi) is 3.79. The predicted molar refractivity (Wildman–Crippen MR) is 66.8 cm³/mol. The van der Waals surface area contributed by atoms with E-state index in [0.717, 1.165) is 12.1 Å². The molecule has 0 atom stereocenters. The Hall–Kier alpha value is -2.70. The summed E-state index contributed by atoms with van der Waals surface area (Å²) in [5, 5.41) is 11.8. The average molecular weight is 280 g/mol. The molecule has 1 heterocycles. The van der Waals surface area contributed by atoms with Crippen LogP contribution in [0.3, 0.4) is 0 Å². The highest BCUT2D eigenvalue weighted by molar-refractivity contribution is 6.06. The fourth-order valence-corrected chi connectivity index (χ4v) is 1.52. The number of pyridine rings is 1. The summed E-state index contributed by atoms with van der Waals surface area (Å²) in [6.07, 6.45) is 0. The van der Waals surface area contributed by atoms with Gasteiger partial charge >= 0.3 is 0 Å². The number of aromatic hydroxyl groups is 1. The number of rotatable bonds is 3. The Morgan fingerprint density at radius 3 is 2.70 bits per heavy atom. The molecule has 0 saturated heterocycles. The second kappa shape index (κ2) is 5.52. The van der Waals surface area contributed by atoms with Crippen LogP contribution in [-0.2, 0) is 0 Å². The first-order valence-electron chi connectivity index (χ1n) is 5.51. The molecule has 1 aromatic carbocycles. The molecule has 0 aliphatic rings. The molecule has 0 bridgehead atoms. The van der Waals surface area contributed by atoms with E-state index in [9.17, 15) is 18.7 Å². The van der Waals surface area contributed by atoms with Crippen LogP contribution in [0, 0.1) is 11.9 Å². The molecule has 0 radical (unpaired) electrons. The molecule has 2 N–H and O–H groups in total. The Morgan fingerprint density at radius 1 is 1.30 bits per heavy atom. The van der Waals surface area contributed by atoms with Gasteiger partial charge in [0.15, 0.2) is 0 Å². The van der Waals surface area contributed by atoms with Gasteiger partial charge < -0.3 is 15.2 Å². The Bertz CT molecular complexity index is 662. The molecule has 104 valence electrons. The zero-order valence-electron chi connectivity index (χ0n) is 10.4. The third-order valence-corrected chi connectivity index (χ3v) is 2.51. The fourth-order valence-electron chi connectivity index (χ4n) is 1.52. The monoisotopic (exact) mass is 280 g/mol. The van der Waals surface area contributed by atoms with Crippen molar-refractivity contribution in [3.05, 3.63) is 47.8 Å². The molecule has 5 nitrogen and oxygen atoms in total. The van der Waals surface area contributed by atoms with E-state index >= 15 is 0 Å². The van der Waals surface area contributed by atoms with Crippen LogP contribution in [-0.4, -0.2) is 23.1 Å². The third kappa shape index (κ3) is 2.82. The predicted octanol–water partition coefficient (Wildman–Crippen LogP) is 2.33. The van der Waals surface area contributed by atoms with Gasteiger partial charge in [-0.05, 0) is 30.3 Å². The van der Waals surface area contributed by atoms with E-state index in [2.05, 4.69) is 10.3 Å². The number of hydrogen-bond donors (Lipinski definition) is 2. The molecular weight excluding hydrogens is 270 g/mol. The number of methoxy groups -OCH3 is 1. The summed E-state index contributed by atoms with van der Waals surface area (Å²) in [4.78, 5) is 14.9. The van der Waals surface area contributed by atoms with Crippen LogP contribution >= 0.6 is 0 Å². The average Bonchev–Trinajstić information content (AvgIpc) is 2.42. The molecule has 0 spiro atoms. The molecule has 0 unspecified atom stereocenters. The maximum atomic E-state index is 13.3. The Morgan fingerprint density at radius 2 is 2.05 bits per heavy atom. The van der Waals surface area contributed by atoms with Gasteiger partial charge in [-0.3, -0.25) is 4.79 Å². The summed E-state index contributed by atoms with van der Waals surface area (Å²) in [7, 11) is 1.40. The van der Waals surface area contributed by atoms with E-state index in [1.807, 2.05) is 0 Å². The SMILES string of the molecule is COc1ccc(O)c(C(=O)Nc2ccc(F)nc2F)c1. The minimum absolute atomic E-state index is 0.104. The molecule has 7 heteroatoms. The number of anilines is 1. The molecule has 2 aromatic rings. The highest BCUT2D eigenvalue weighted by atomic mass is 19.1. The molecular formula is C13H10F2N2O3. The van der Waals surface area contributed by atoms with Gasteiger partial charge in [-0.2, -0.15) is 13.8 Å². The lowest BCUT2D eigenvalue weighted by atomic mass is 10.1. The highest BCUT2D eigenvalue weighted by Gasteiger charge is 2.15. The number of halogens is 2. The summed E-state index contributed by atoms with van der Waals surface area (Å²) in [6, 6.07) is 5.97. The Labute approximate surface area is 112 Å². The van der Waals surface area contributed by atoms with Crippen LogP contribution in [0.25, 0.3) is 0 Å². The van der Waals surface area contributed by atoms with E-state index in [1.165, 1.54) is 25.3 Å². The minimum atomic E-state index is -1.15. The second-order valence-corrected chi connectivity index (χ2v) is 3.81. The number of benzene rings is 1. The van der Waals surface area contributed by atoms with Crippen LogP contribution < -0.4 is 10.1 Å². The third-order valence-electron chi connectivity index (χ3n) is 2.51. The first kappa shape index (κ1) is 13.7. The molecule has 0 saturated carbocycles. The van der Waals surface area contributed by atoms with E-state index < -0.39 is 17.8 Å². The lowest BCUT2D eigenvalue weighted by molar-refractivity contribution is 0.102. The quantitative estimate of drug-likeness (QED) is 0.846. The number of phenolic OH excluding ortho intramolecular Hbond substituents is 1. The maximum absolute atomic E-state index is 13.3. The molecule has 0 fully saturated rings. The zero-order valence-corrected chi connectivity index (χ0v) is 10.4. The van der Waals surface area contributed by atoms with Crippen LogP contribution in [0.5, 0.6) is 11.5 Å². The van der Waals surface area contributed by atoms with Crippen LogP contribution in [0.4, 0.5) is 14.5 Å². The number of amides is 1. The van der Waals surface area contributed by atoms with Crippen LogP contribution in [0.1, 0.15) is 10.4 Å². The highest BCUT2D eigenvalue weighted by Crippen LogP contribution is 2.24. The van der Waals surface area contributed by atoms with E-state index in [1.54, 1.807) is 0 Å². The summed E-state index contributed by atoms with van der Waals surface area (Å²) in [6.45, 7) is 0. The number of carbonyl (C=O) groups is 1. The largest absolute Gasteiger partial charge is 0.507 e. The molecule has 0 aliphatic carbocycles. The molecule has 2 rings (SSSR count). The maximum Gasteiger partial charge on any atom is 0.259 e. The van der Waals surface area contributed by atoms with Crippen LogP contribution in [0.15, 0.2) is 30.3 Å². The molecule has 20 heavy (non-hydrogen) atoms. The van der Waals surface area contributed by atoms with Crippen molar-refractivity contribution < 1.29 is 23.4 Å². The van der Waals surface area contributed by atoms with Crippen molar-refractivity contribution in [3.8, 4) is 11.5 Å². The smallest absolute Gasteiger partial charge is 0.259 e. The number of aromatic nitrogens is 1. The first-order valence-corrected chi connectivity index (χ1v) is 5.51. The topological polar surface area (TPSA) is 71.5 Å². The van der Waals surface area contributed by atoms with Gasteiger partial charge in [-0.15, -0.1) is 0 Å². The summed E-state index contributed by atoms with van der Waals surface area (Å²) in [5.41, 5.74) is -0.397. The van der Waals surface area contributed by atoms with Crippen LogP contribution in [0.2, 0.25) is 0 Å². The summed E-state index contributed by atoms with van der Waals surface area (Å²) in [5.74, 6) is -2.86.